The number of hydrogen-bond donors (Lipinski definition) is 0. The van der Waals surface area contributed by atoms with Gasteiger partial charge >= 0.3 is 0 Å². The Morgan fingerprint density at radius 3 is 2.42 bits per heavy atom. The van der Waals surface area contributed by atoms with Gasteiger partial charge in [-0.25, -0.2) is 0 Å². The molecule has 120 valence electrons. The second-order valence-corrected chi connectivity index (χ2v) is 7.10. The van der Waals surface area contributed by atoms with Gasteiger partial charge in [-0.3, -0.25) is 14.5 Å². The monoisotopic (exact) mass is 399 g/mol. The van der Waals surface area contributed by atoms with Crippen LogP contribution in [0.1, 0.15) is 11.1 Å². The van der Waals surface area contributed by atoms with Crippen molar-refractivity contribution >= 4 is 44.9 Å². The fraction of sp³-hybridized carbons (Fsp3) is 0.0526. The van der Waals surface area contributed by atoms with Gasteiger partial charge in [0.15, 0.2) is 0 Å². The minimum Gasteiger partial charge on any atom is -0.268 e. The topological polar surface area (TPSA) is 37.4 Å². The van der Waals surface area contributed by atoms with Crippen LogP contribution < -0.4 is 0 Å². The van der Waals surface area contributed by atoms with E-state index in [1.807, 2.05) is 60.7 Å². The van der Waals surface area contributed by atoms with E-state index >= 15 is 0 Å². The van der Waals surface area contributed by atoms with Gasteiger partial charge in [0.25, 0.3) is 11.1 Å². The minimum absolute atomic E-state index is 0.234. The zero-order chi connectivity index (χ0) is 16.9. The first-order valence-electron chi connectivity index (χ1n) is 7.35. The lowest BCUT2D eigenvalue weighted by Crippen LogP contribution is -2.27. The number of benzene rings is 2. The van der Waals surface area contributed by atoms with Crippen molar-refractivity contribution in [3.63, 3.8) is 0 Å². The van der Waals surface area contributed by atoms with E-state index in [-0.39, 0.29) is 17.7 Å². The molecule has 2 aromatic carbocycles. The van der Waals surface area contributed by atoms with E-state index in [1.165, 1.54) is 4.90 Å². The molecule has 0 atom stereocenters. The van der Waals surface area contributed by atoms with Gasteiger partial charge in [0, 0.05) is 4.47 Å². The molecule has 0 aromatic heterocycles. The molecule has 3 rings (SSSR count). The first-order chi connectivity index (χ1) is 11.6. The number of nitrogens with zero attached hydrogens (tertiary/aromatic N) is 1. The lowest BCUT2D eigenvalue weighted by Gasteiger charge is -2.12. The molecule has 0 N–H and O–H groups in total. The van der Waals surface area contributed by atoms with Gasteiger partial charge in [0.05, 0.1) is 11.4 Å². The number of halogens is 1. The molecule has 0 bridgehead atoms. The van der Waals surface area contributed by atoms with Crippen molar-refractivity contribution in [2.45, 2.75) is 6.54 Å². The minimum atomic E-state index is -0.245. The van der Waals surface area contributed by atoms with Gasteiger partial charge in [-0.05, 0) is 41.1 Å². The summed E-state index contributed by atoms with van der Waals surface area (Å²) in [5.74, 6) is -0.245. The molecule has 0 aliphatic carbocycles. The summed E-state index contributed by atoms with van der Waals surface area (Å²) in [6, 6.07) is 17.4. The van der Waals surface area contributed by atoms with Gasteiger partial charge < -0.3 is 0 Å². The summed E-state index contributed by atoms with van der Waals surface area (Å²) in [6.07, 6.45) is 5.40. The quantitative estimate of drug-likeness (QED) is 0.659. The van der Waals surface area contributed by atoms with E-state index in [1.54, 1.807) is 12.2 Å². The smallest absolute Gasteiger partial charge is 0.268 e. The summed E-state index contributed by atoms with van der Waals surface area (Å²) < 4.78 is 0.964. The SMILES string of the molecule is O=C1S/C(=C/C=C\c2ccccc2)C(=O)N1Cc1ccc(Br)cc1. The van der Waals surface area contributed by atoms with Crippen LogP contribution in [0.4, 0.5) is 4.79 Å². The van der Waals surface area contributed by atoms with Gasteiger partial charge in [0.2, 0.25) is 0 Å². The van der Waals surface area contributed by atoms with Crippen molar-refractivity contribution in [2.24, 2.45) is 0 Å². The highest BCUT2D eigenvalue weighted by atomic mass is 79.9. The predicted octanol–water partition coefficient (Wildman–Crippen LogP) is 5.24. The average Bonchev–Trinajstić information content (AvgIpc) is 2.85. The second kappa shape index (κ2) is 7.64. The Morgan fingerprint density at radius 2 is 1.71 bits per heavy atom. The Kier molecular flexibility index (Phi) is 5.33. The molecule has 1 heterocycles. The summed E-state index contributed by atoms with van der Waals surface area (Å²) in [4.78, 5) is 26.2. The molecule has 24 heavy (non-hydrogen) atoms. The number of amides is 2. The maximum absolute atomic E-state index is 12.4. The highest BCUT2D eigenvalue weighted by Gasteiger charge is 2.34. The maximum atomic E-state index is 12.4. The summed E-state index contributed by atoms with van der Waals surface area (Å²) in [6.45, 7) is 0.289. The molecule has 2 amide bonds. The van der Waals surface area contributed by atoms with E-state index < -0.39 is 0 Å². The summed E-state index contributed by atoms with van der Waals surface area (Å²) >= 11 is 4.35. The lowest BCUT2D eigenvalue weighted by molar-refractivity contribution is -0.123. The fourth-order valence-corrected chi connectivity index (χ4v) is 3.29. The molecule has 1 aliphatic rings. The van der Waals surface area contributed by atoms with Crippen molar-refractivity contribution < 1.29 is 9.59 Å². The van der Waals surface area contributed by atoms with Crippen LogP contribution in [0.25, 0.3) is 6.08 Å². The van der Waals surface area contributed by atoms with E-state index in [2.05, 4.69) is 15.9 Å². The van der Waals surface area contributed by atoms with Gasteiger partial charge in [-0.15, -0.1) is 0 Å². The molecule has 1 saturated heterocycles. The Morgan fingerprint density at radius 1 is 1.00 bits per heavy atom. The molecule has 1 fully saturated rings. The van der Waals surface area contributed by atoms with Crippen molar-refractivity contribution in [3.8, 4) is 0 Å². The lowest BCUT2D eigenvalue weighted by atomic mass is 10.2. The normalized spacial score (nSPS) is 16.5. The van der Waals surface area contributed by atoms with Crippen molar-refractivity contribution in [3.05, 3.63) is 87.3 Å². The molecule has 5 heteroatoms. The molecule has 3 nitrogen and oxygen atoms in total. The fourth-order valence-electron chi connectivity index (χ4n) is 2.23. The van der Waals surface area contributed by atoms with Crippen LogP contribution in [-0.2, 0) is 11.3 Å². The number of thioether (sulfide) groups is 1. The van der Waals surface area contributed by atoms with Crippen molar-refractivity contribution in [2.75, 3.05) is 0 Å². The summed E-state index contributed by atoms with van der Waals surface area (Å²) in [5.41, 5.74) is 1.96. The van der Waals surface area contributed by atoms with Gasteiger partial charge in [-0.2, -0.15) is 0 Å². The Balaban J connectivity index is 1.70. The average molecular weight is 400 g/mol. The Hall–Kier alpha value is -2.11. The predicted molar refractivity (Wildman–Crippen MR) is 101 cm³/mol. The Labute approximate surface area is 153 Å². The van der Waals surface area contributed by atoms with Crippen LogP contribution in [0.3, 0.4) is 0 Å². The maximum Gasteiger partial charge on any atom is 0.293 e. The largest absolute Gasteiger partial charge is 0.293 e. The number of allylic oxidation sites excluding steroid dienone is 2. The number of carbonyl (C=O) groups is 2. The van der Waals surface area contributed by atoms with E-state index in [0.717, 1.165) is 27.4 Å². The molecule has 2 aromatic rings. The van der Waals surface area contributed by atoms with Crippen molar-refractivity contribution in [1.82, 2.24) is 4.90 Å². The second-order valence-electron chi connectivity index (χ2n) is 5.19. The third-order valence-corrected chi connectivity index (χ3v) is 4.92. The Bertz CT molecular complexity index is 813. The van der Waals surface area contributed by atoms with Crippen LogP contribution in [0.15, 0.2) is 76.1 Å². The highest BCUT2D eigenvalue weighted by molar-refractivity contribution is 9.10. The zero-order valence-electron chi connectivity index (χ0n) is 12.7. The number of imide groups is 1. The molecule has 0 saturated carbocycles. The molecule has 0 radical (unpaired) electrons. The molecule has 1 aliphatic heterocycles. The summed E-state index contributed by atoms with van der Waals surface area (Å²) in [5, 5.41) is -0.234. The molecule has 0 unspecified atom stereocenters. The summed E-state index contributed by atoms with van der Waals surface area (Å²) in [7, 11) is 0. The van der Waals surface area contributed by atoms with Gasteiger partial charge in [-0.1, -0.05) is 70.5 Å². The number of hydrogen-bond acceptors (Lipinski definition) is 3. The number of carbonyl (C=O) groups excluding carboxylic acids is 2. The molecular formula is C19H14BrNO2S. The third kappa shape index (κ3) is 4.04. The van der Waals surface area contributed by atoms with Crippen LogP contribution in [0.2, 0.25) is 0 Å². The van der Waals surface area contributed by atoms with Crippen LogP contribution in [-0.4, -0.2) is 16.0 Å². The van der Waals surface area contributed by atoms with E-state index in [4.69, 9.17) is 0 Å². The van der Waals surface area contributed by atoms with Crippen LogP contribution in [0, 0.1) is 0 Å². The molecular weight excluding hydrogens is 386 g/mol. The third-order valence-electron chi connectivity index (χ3n) is 3.46. The first kappa shape index (κ1) is 16.7. The van der Waals surface area contributed by atoms with Crippen molar-refractivity contribution in [1.29, 1.82) is 0 Å². The molecule has 0 spiro atoms. The number of rotatable bonds is 4. The van der Waals surface area contributed by atoms with Gasteiger partial charge in [0.1, 0.15) is 0 Å². The van der Waals surface area contributed by atoms with E-state index in [0.29, 0.717) is 4.91 Å². The highest BCUT2D eigenvalue weighted by Crippen LogP contribution is 2.32. The van der Waals surface area contributed by atoms with Crippen LogP contribution >= 0.6 is 27.7 Å². The first-order valence-corrected chi connectivity index (χ1v) is 8.96. The van der Waals surface area contributed by atoms with E-state index in [9.17, 15) is 9.59 Å². The standard InChI is InChI=1S/C19H14BrNO2S/c20-16-11-9-15(10-12-16)13-21-18(22)17(24-19(21)23)8-4-7-14-5-2-1-3-6-14/h1-12H,13H2/b7-4-,17-8+. The van der Waals surface area contributed by atoms with Crippen LogP contribution in [0.5, 0.6) is 0 Å². The zero-order valence-corrected chi connectivity index (χ0v) is 15.1.